The van der Waals surface area contributed by atoms with Gasteiger partial charge >= 0.3 is 12.0 Å². The number of rotatable bonds is 9. The van der Waals surface area contributed by atoms with Crippen molar-refractivity contribution in [3.05, 3.63) is 12.2 Å². The fourth-order valence-electron chi connectivity index (χ4n) is 1.09. The Morgan fingerprint density at radius 2 is 2.05 bits per heavy atom. The molecule has 0 rings (SSSR count). The van der Waals surface area contributed by atoms with E-state index in [0.29, 0.717) is 6.61 Å². The topological polar surface area (TPSA) is 131 Å². The lowest BCUT2D eigenvalue weighted by Crippen LogP contribution is -2.48. The summed E-state index contributed by atoms with van der Waals surface area (Å²) in [4.78, 5) is 32.7. The molecule has 0 aliphatic carbocycles. The van der Waals surface area contributed by atoms with Crippen molar-refractivity contribution in [2.75, 3.05) is 19.8 Å². The number of hydrogen-bond acceptors (Lipinski definition) is 4. The molecule has 0 aliphatic rings. The Balaban J connectivity index is 3.90. The Labute approximate surface area is 111 Å². The van der Waals surface area contributed by atoms with Gasteiger partial charge in [0.15, 0.2) is 0 Å². The Bertz CT molecular complexity index is 356. The summed E-state index contributed by atoms with van der Waals surface area (Å²) in [5.41, 5.74) is 5.73. The molecule has 1 atom stereocenters. The van der Waals surface area contributed by atoms with Crippen molar-refractivity contribution in [3.8, 4) is 0 Å². The maximum Gasteiger partial charge on any atom is 0.326 e. The van der Waals surface area contributed by atoms with E-state index < -0.39 is 30.4 Å². The number of carbonyl (C=O) groups excluding carboxylic acids is 2. The summed E-state index contributed by atoms with van der Waals surface area (Å²) in [6.07, 6.45) is -0.463. The number of urea groups is 1. The Morgan fingerprint density at radius 3 is 2.53 bits per heavy atom. The van der Waals surface area contributed by atoms with Crippen molar-refractivity contribution < 1.29 is 24.2 Å². The molecule has 5 N–H and O–H groups in total. The van der Waals surface area contributed by atoms with E-state index in [4.69, 9.17) is 15.6 Å². The van der Waals surface area contributed by atoms with Gasteiger partial charge in [0, 0.05) is 6.54 Å². The molecule has 0 spiro atoms. The van der Waals surface area contributed by atoms with Crippen LogP contribution in [0.15, 0.2) is 12.2 Å². The highest BCUT2D eigenvalue weighted by Gasteiger charge is 2.21. The molecule has 0 fully saturated rings. The molecule has 8 heteroatoms. The highest BCUT2D eigenvalue weighted by atomic mass is 16.5. The van der Waals surface area contributed by atoms with Crippen molar-refractivity contribution in [2.24, 2.45) is 5.73 Å². The first-order valence-electron chi connectivity index (χ1n) is 5.60. The normalized spacial score (nSPS) is 11.4. The Hall–Kier alpha value is -2.09. The van der Waals surface area contributed by atoms with E-state index in [1.165, 1.54) is 0 Å². The maximum atomic E-state index is 11.3. The summed E-state index contributed by atoms with van der Waals surface area (Å²) in [7, 11) is 0. The van der Waals surface area contributed by atoms with Crippen molar-refractivity contribution >= 4 is 17.9 Å². The first-order valence-corrected chi connectivity index (χ1v) is 5.60. The van der Waals surface area contributed by atoms with Crippen LogP contribution in [0.2, 0.25) is 0 Å². The molecular weight excluding hydrogens is 254 g/mol. The van der Waals surface area contributed by atoms with E-state index in [-0.39, 0.29) is 13.2 Å². The second-order valence-corrected chi connectivity index (χ2v) is 3.97. The molecule has 8 nitrogen and oxygen atoms in total. The number of aliphatic carboxylic acids is 1. The predicted molar refractivity (Wildman–Crippen MR) is 67.4 cm³/mol. The molecule has 0 heterocycles. The second-order valence-electron chi connectivity index (χ2n) is 3.97. The highest BCUT2D eigenvalue weighted by molar-refractivity contribution is 5.87. The third-order valence-corrected chi connectivity index (χ3v) is 1.89. The van der Waals surface area contributed by atoms with Crippen molar-refractivity contribution in [1.82, 2.24) is 10.6 Å². The van der Waals surface area contributed by atoms with Gasteiger partial charge < -0.3 is 26.2 Å². The zero-order valence-corrected chi connectivity index (χ0v) is 10.8. The molecular formula is C11H19N3O5. The number of ether oxygens (including phenoxy) is 1. The van der Waals surface area contributed by atoms with Crippen molar-refractivity contribution in [2.45, 2.75) is 19.4 Å². The predicted octanol–water partition coefficient (Wildman–Crippen LogP) is -0.793. The minimum atomic E-state index is -1.34. The molecule has 1 unspecified atom stereocenters. The summed E-state index contributed by atoms with van der Waals surface area (Å²) in [6.45, 7) is 6.32. The first-order chi connectivity index (χ1) is 8.82. The molecule has 0 radical (unpaired) electrons. The molecule has 0 saturated carbocycles. The Morgan fingerprint density at radius 1 is 1.42 bits per heavy atom. The quantitative estimate of drug-likeness (QED) is 0.323. The molecule has 0 aromatic carbocycles. The highest BCUT2D eigenvalue weighted by Crippen LogP contribution is 1.91. The third-order valence-electron chi connectivity index (χ3n) is 1.89. The number of nitrogens with two attached hydrogens (primary N) is 1. The van der Waals surface area contributed by atoms with Crippen LogP contribution in [0.3, 0.4) is 0 Å². The van der Waals surface area contributed by atoms with Crippen LogP contribution in [-0.4, -0.2) is 48.8 Å². The van der Waals surface area contributed by atoms with Gasteiger partial charge in [0.25, 0.3) is 0 Å². The van der Waals surface area contributed by atoms with E-state index in [9.17, 15) is 14.4 Å². The van der Waals surface area contributed by atoms with Crippen LogP contribution in [0.4, 0.5) is 4.79 Å². The smallest absolute Gasteiger partial charge is 0.326 e. The zero-order chi connectivity index (χ0) is 14.8. The van der Waals surface area contributed by atoms with Gasteiger partial charge in [0.05, 0.1) is 19.6 Å². The van der Waals surface area contributed by atoms with Gasteiger partial charge in [-0.25, -0.2) is 9.59 Å². The number of carboxylic acid groups (broad SMARTS) is 1. The fraction of sp³-hybridized carbons (Fsp3) is 0.545. The van der Waals surface area contributed by atoms with Crippen LogP contribution in [0, 0.1) is 0 Å². The number of carboxylic acids is 1. The molecule has 0 bridgehead atoms. The first kappa shape index (κ1) is 16.9. The van der Waals surface area contributed by atoms with Gasteiger partial charge in [-0.05, 0) is 6.92 Å². The lowest BCUT2D eigenvalue weighted by atomic mass is 10.2. The largest absolute Gasteiger partial charge is 0.480 e. The molecule has 3 amide bonds. The van der Waals surface area contributed by atoms with Gasteiger partial charge in [0.2, 0.25) is 5.91 Å². The van der Waals surface area contributed by atoms with Crippen LogP contribution >= 0.6 is 0 Å². The molecule has 0 aromatic heterocycles. The van der Waals surface area contributed by atoms with Crippen LogP contribution in [0.25, 0.3) is 0 Å². The number of hydrogen-bond donors (Lipinski definition) is 4. The summed E-state index contributed by atoms with van der Waals surface area (Å²) in [6, 6.07) is -2.04. The van der Waals surface area contributed by atoms with E-state index in [1.54, 1.807) is 6.92 Å². The van der Waals surface area contributed by atoms with E-state index in [1.807, 2.05) is 0 Å². The average Bonchev–Trinajstić information content (AvgIpc) is 2.26. The van der Waals surface area contributed by atoms with E-state index in [0.717, 1.165) is 5.57 Å². The van der Waals surface area contributed by atoms with Crippen LogP contribution in [0.5, 0.6) is 0 Å². The zero-order valence-electron chi connectivity index (χ0n) is 10.8. The van der Waals surface area contributed by atoms with E-state index in [2.05, 4.69) is 17.2 Å². The molecule has 19 heavy (non-hydrogen) atoms. The monoisotopic (exact) mass is 273 g/mol. The standard InChI is InChI=1S/C11H19N3O5/c1-7(2)6-19-4-3-13-11(18)14-8(10(16)17)5-9(12)15/h8H,1,3-6H2,2H3,(H2,12,15)(H,16,17)(H2,13,14,18). The second kappa shape index (κ2) is 8.92. The SMILES string of the molecule is C=C(C)COCCNC(=O)NC(CC(N)=O)C(=O)O. The fourth-order valence-corrected chi connectivity index (χ4v) is 1.09. The van der Waals surface area contributed by atoms with Crippen LogP contribution < -0.4 is 16.4 Å². The molecule has 0 saturated heterocycles. The lowest BCUT2D eigenvalue weighted by molar-refractivity contribution is -0.140. The average molecular weight is 273 g/mol. The van der Waals surface area contributed by atoms with Crippen molar-refractivity contribution in [1.29, 1.82) is 0 Å². The number of amides is 3. The number of primary amides is 1. The van der Waals surface area contributed by atoms with Crippen LogP contribution in [0.1, 0.15) is 13.3 Å². The molecule has 0 aliphatic heterocycles. The molecule has 0 aromatic rings. The minimum absolute atomic E-state index is 0.210. The molecule has 108 valence electrons. The number of carbonyl (C=O) groups is 3. The summed E-state index contributed by atoms with van der Waals surface area (Å²) in [5, 5.41) is 13.3. The summed E-state index contributed by atoms with van der Waals surface area (Å²) < 4.78 is 5.13. The summed E-state index contributed by atoms with van der Waals surface area (Å²) in [5.74, 6) is -2.13. The van der Waals surface area contributed by atoms with Gasteiger partial charge in [-0.15, -0.1) is 0 Å². The van der Waals surface area contributed by atoms with Gasteiger partial charge in [-0.3, -0.25) is 4.79 Å². The van der Waals surface area contributed by atoms with Gasteiger partial charge in [-0.2, -0.15) is 0 Å². The van der Waals surface area contributed by atoms with Crippen molar-refractivity contribution in [3.63, 3.8) is 0 Å². The van der Waals surface area contributed by atoms with Crippen LogP contribution in [-0.2, 0) is 14.3 Å². The maximum absolute atomic E-state index is 11.3. The third kappa shape index (κ3) is 9.60. The van der Waals surface area contributed by atoms with E-state index >= 15 is 0 Å². The minimum Gasteiger partial charge on any atom is -0.480 e. The van der Waals surface area contributed by atoms with Gasteiger partial charge in [0.1, 0.15) is 6.04 Å². The lowest BCUT2D eigenvalue weighted by Gasteiger charge is -2.13. The van der Waals surface area contributed by atoms with Gasteiger partial charge in [-0.1, -0.05) is 12.2 Å². The summed E-state index contributed by atoms with van der Waals surface area (Å²) >= 11 is 0. The Kier molecular flexibility index (Phi) is 7.94. The number of nitrogens with one attached hydrogen (secondary N) is 2.